The van der Waals surface area contributed by atoms with Crippen LogP contribution in [0.5, 0.6) is 11.5 Å². The van der Waals surface area contributed by atoms with E-state index in [9.17, 15) is 4.79 Å². The molecule has 0 unspecified atom stereocenters. The van der Waals surface area contributed by atoms with Crippen LogP contribution < -0.4 is 20.5 Å². The summed E-state index contributed by atoms with van der Waals surface area (Å²) in [6, 6.07) is 3.63. The van der Waals surface area contributed by atoms with Crippen LogP contribution in [-0.2, 0) is 16.1 Å². The molecule has 1 saturated heterocycles. The second-order valence-electron chi connectivity index (χ2n) is 5.88. The number of carbonyl (C=O) groups is 1. The molecule has 0 spiro atoms. The lowest BCUT2D eigenvalue weighted by Gasteiger charge is -2.34. The van der Waals surface area contributed by atoms with Crippen molar-refractivity contribution in [3.05, 3.63) is 22.7 Å². The summed E-state index contributed by atoms with van der Waals surface area (Å²) in [5, 5.41) is 3.46. The molecule has 0 aromatic heterocycles. The van der Waals surface area contributed by atoms with Gasteiger partial charge in [-0.1, -0.05) is 11.6 Å². The number of nitrogens with one attached hydrogen (secondary N) is 1. The van der Waals surface area contributed by atoms with E-state index in [1.54, 1.807) is 6.07 Å². The Morgan fingerprint density at radius 2 is 1.92 bits per heavy atom. The maximum absolute atomic E-state index is 12.6. The lowest BCUT2D eigenvalue weighted by atomic mass is 9.79. The van der Waals surface area contributed by atoms with Crippen LogP contribution in [0.25, 0.3) is 0 Å². The van der Waals surface area contributed by atoms with Gasteiger partial charge in [-0.25, -0.2) is 0 Å². The van der Waals surface area contributed by atoms with Crippen molar-refractivity contribution in [2.45, 2.75) is 19.4 Å². The fourth-order valence-electron chi connectivity index (χ4n) is 2.92. The third-order valence-electron chi connectivity index (χ3n) is 4.43. The summed E-state index contributed by atoms with van der Waals surface area (Å²) in [6.07, 6.45) is 1.30. The van der Waals surface area contributed by atoms with Gasteiger partial charge >= 0.3 is 0 Å². The van der Waals surface area contributed by atoms with Crippen molar-refractivity contribution in [2.75, 3.05) is 33.0 Å². The van der Waals surface area contributed by atoms with Gasteiger partial charge < -0.3 is 25.3 Å². The summed E-state index contributed by atoms with van der Waals surface area (Å²) in [7, 11) is 0. The third-order valence-corrected chi connectivity index (χ3v) is 4.71. The van der Waals surface area contributed by atoms with E-state index in [0.29, 0.717) is 68.9 Å². The van der Waals surface area contributed by atoms with Crippen LogP contribution in [0.2, 0.25) is 5.02 Å². The molecule has 3 rings (SSSR count). The molecular weight excluding hydrogens is 355 g/mol. The summed E-state index contributed by atoms with van der Waals surface area (Å²) in [5.41, 5.74) is 6.18. The first kappa shape index (κ1) is 19.1. The maximum atomic E-state index is 12.6. The fraction of sp³-hybridized carbons (Fsp3) is 0.562. The van der Waals surface area contributed by atoms with Crippen molar-refractivity contribution in [1.29, 1.82) is 0 Å². The van der Waals surface area contributed by atoms with Gasteiger partial charge in [-0.15, -0.1) is 12.4 Å². The highest BCUT2D eigenvalue weighted by Gasteiger charge is 2.38. The van der Waals surface area contributed by atoms with Crippen molar-refractivity contribution in [2.24, 2.45) is 11.1 Å². The molecule has 1 fully saturated rings. The number of benzene rings is 1. The maximum Gasteiger partial charge on any atom is 0.227 e. The second-order valence-corrected chi connectivity index (χ2v) is 6.29. The Kier molecular flexibility index (Phi) is 6.57. The van der Waals surface area contributed by atoms with Crippen molar-refractivity contribution < 1.29 is 19.0 Å². The number of ether oxygens (including phenoxy) is 3. The normalized spacial score (nSPS) is 18.4. The summed E-state index contributed by atoms with van der Waals surface area (Å²) < 4.78 is 16.4. The second kappa shape index (κ2) is 8.25. The van der Waals surface area contributed by atoms with Crippen LogP contribution in [0.1, 0.15) is 18.4 Å². The zero-order chi connectivity index (χ0) is 16.3. The van der Waals surface area contributed by atoms with E-state index < -0.39 is 5.41 Å². The number of nitrogens with two attached hydrogens (primary N) is 1. The van der Waals surface area contributed by atoms with E-state index >= 15 is 0 Å². The molecule has 1 aromatic carbocycles. The predicted molar refractivity (Wildman–Crippen MR) is 93.1 cm³/mol. The molecule has 2 heterocycles. The molecule has 1 aromatic rings. The Labute approximate surface area is 152 Å². The first-order chi connectivity index (χ1) is 11.1. The zero-order valence-electron chi connectivity index (χ0n) is 13.3. The minimum absolute atomic E-state index is 0. The standard InChI is InChI=1S/C16H21ClN2O4.ClH/c17-12-7-11(8-13-14(12)23-6-5-22-13)9-19-15(20)16(10-18)1-3-21-4-2-16;/h7-8H,1-6,9-10,18H2,(H,19,20);1H. The molecule has 3 N–H and O–H groups in total. The molecule has 0 bridgehead atoms. The zero-order valence-corrected chi connectivity index (χ0v) is 14.9. The smallest absolute Gasteiger partial charge is 0.227 e. The number of hydrogen-bond donors (Lipinski definition) is 2. The van der Waals surface area contributed by atoms with Gasteiger partial charge in [0.25, 0.3) is 0 Å². The minimum atomic E-state index is -0.532. The number of halogens is 2. The summed E-state index contributed by atoms with van der Waals surface area (Å²) in [4.78, 5) is 12.6. The van der Waals surface area contributed by atoms with Crippen LogP contribution >= 0.6 is 24.0 Å². The van der Waals surface area contributed by atoms with Crippen LogP contribution in [-0.4, -0.2) is 38.9 Å². The van der Waals surface area contributed by atoms with Gasteiger partial charge in [0.1, 0.15) is 13.2 Å². The molecule has 2 aliphatic rings. The SMILES string of the molecule is Cl.NCC1(C(=O)NCc2cc(Cl)c3c(c2)OCCO3)CCOCC1. The fourth-order valence-corrected chi connectivity index (χ4v) is 3.21. The Morgan fingerprint density at radius 3 is 2.62 bits per heavy atom. The molecule has 24 heavy (non-hydrogen) atoms. The molecule has 1 amide bonds. The average molecular weight is 377 g/mol. The van der Waals surface area contributed by atoms with Gasteiger partial charge in [0.05, 0.1) is 10.4 Å². The van der Waals surface area contributed by atoms with Gasteiger partial charge in [0, 0.05) is 26.3 Å². The third kappa shape index (κ3) is 3.88. The monoisotopic (exact) mass is 376 g/mol. The Hall–Kier alpha value is -1.21. The van der Waals surface area contributed by atoms with Crippen LogP contribution in [0, 0.1) is 5.41 Å². The van der Waals surface area contributed by atoms with Gasteiger partial charge in [0.15, 0.2) is 11.5 Å². The van der Waals surface area contributed by atoms with Gasteiger partial charge in [-0.05, 0) is 30.5 Å². The van der Waals surface area contributed by atoms with Crippen molar-refractivity contribution in [3.8, 4) is 11.5 Å². The van der Waals surface area contributed by atoms with E-state index in [-0.39, 0.29) is 18.3 Å². The molecule has 0 saturated carbocycles. The van der Waals surface area contributed by atoms with Gasteiger partial charge in [0.2, 0.25) is 5.91 Å². The number of carbonyl (C=O) groups excluding carboxylic acids is 1. The Balaban J connectivity index is 0.00000208. The molecule has 134 valence electrons. The Morgan fingerprint density at radius 1 is 1.21 bits per heavy atom. The first-order valence-corrected chi connectivity index (χ1v) is 8.16. The van der Waals surface area contributed by atoms with E-state index in [4.69, 9.17) is 31.5 Å². The number of amides is 1. The van der Waals surface area contributed by atoms with Gasteiger partial charge in [-0.2, -0.15) is 0 Å². The van der Waals surface area contributed by atoms with E-state index in [1.807, 2.05) is 6.07 Å². The van der Waals surface area contributed by atoms with Crippen LogP contribution in [0.3, 0.4) is 0 Å². The van der Waals surface area contributed by atoms with Crippen molar-refractivity contribution >= 4 is 29.9 Å². The Bertz CT molecular complexity index is 592. The molecular formula is C16H22Cl2N2O4. The van der Waals surface area contributed by atoms with E-state index in [1.165, 1.54) is 0 Å². The molecule has 0 atom stereocenters. The average Bonchev–Trinajstić information content (AvgIpc) is 2.60. The van der Waals surface area contributed by atoms with E-state index in [0.717, 1.165) is 5.56 Å². The lowest BCUT2D eigenvalue weighted by Crippen LogP contribution is -2.48. The molecule has 0 aliphatic carbocycles. The van der Waals surface area contributed by atoms with Crippen LogP contribution in [0.15, 0.2) is 12.1 Å². The lowest BCUT2D eigenvalue weighted by molar-refractivity contribution is -0.136. The topological polar surface area (TPSA) is 82.8 Å². The summed E-state index contributed by atoms with van der Waals surface area (Å²) >= 11 is 6.21. The molecule has 8 heteroatoms. The molecule has 6 nitrogen and oxygen atoms in total. The summed E-state index contributed by atoms with van der Waals surface area (Å²) in [6.45, 7) is 2.82. The van der Waals surface area contributed by atoms with E-state index in [2.05, 4.69) is 5.32 Å². The minimum Gasteiger partial charge on any atom is -0.486 e. The molecule has 2 aliphatic heterocycles. The highest BCUT2D eigenvalue weighted by atomic mass is 35.5. The largest absolute Gasteiger partial charge is 0.486 e. The quantitative estimate of drug-likeness (QED) is 0.838. The number of rotatable bonds is 4. The van der Waals surface area contributed by atoms with Crippen molar-refractivity contribution in [3.63, 3.8) is 0 Å². The van der Waals surface area contributed by atoms with Gasteiger partial charge in [-0.3, -0.25) is 4.79 Å². The summed E-state index contributed by atoms with van der Waals surface area (Å²) in [5.74, 6) is 1.15. The predicted octanol–water partition coefficient (Wildman–Crippen LogP) is 1.90. The number of fused-ring (bicyclic) bond motifs is 1. The van der Waals surface area contributed by atoms with Crippen molar-refractivity contribution in [1.82, 2.24) is 5.32 Å². The highest BCUT2D eigenvalue weighted by molar-refractivity contribution is 6.32. The number of hydrogen-bond acceptors (Lipinski definition) is 5. The first-order valence-electron chi connectivity index (χ1n) is 7.79. The van der Waals surface area contributed by atoms with Crippen LogP contribution in [0.4, 0.5) is 0 Å². The molecule has 0 radical (unpaired) electrons. The highest BCUT2D eigenvalue weighted by Crippen LogP contribution is 2.38.